The number of allylic oxidation sites excluding steroid dienone is 3. The molecule has 1 aliphatic carbocycles. The lowest BCUT2D eigenvalue weighted by Gasteiger charge is -2.18. The van der Waals surface area contributed by atoms with Crippen molar-refractivity contribution in [3.05, 3.63) is 96.5 Å². The van der Waals surface area contributed by atoms with Crippen molar-refractivity contribution >= 4 is 41.6 Å². The van der Waals surface area contributed by atoms with E-state index in [1.54, 1.807) is 7.11 Å². The van der Waals surface area contributed by atoms with Crippen LogP contribution in [0.2, 0.25) is 0 Å². The number of rotatable bonds is 20. The van der Waals surface area contributed by atoms with Crippen LogP contribution in [-0.4, -0.2) is 46.7 Å². The third-order valence-corrected chi connectivity index (χ3v) is 15.0. The van der Waals surface area contributed by atoms with Gasteiger partial charge >= 0.3 is 12.3 Å². The first-order chi connectivity index (χ1) is 30.6. The molecule has 7 rings (SSSR count). The third-order valence-electron chi connectivity index (χ3n) is 15.0. The lowest BCUT2D eigenvalue weighted by molar-refractivity contribution is -0.142. The van der Waals surface area contributed by atoms with Crippen LogP contribution in [0.25, 0.3) is 29.9 Å². The zero-order valence-corrected chi connectivity index (χ0v) is 40.9. The van der Waals surface area contributed by atoms with Crippen LogP contribution >= 0.6 is 0 Å². The van der Waals surface area contributed by atoms with Crippen molar-refractivity contribution in [2.75, 3.05) is 13.7 Å². The number of Topliss-reactive ketones (excluding diaryl/α,β-unsaturated/α-hetero) is 1. The minimum absolute atomic E-state index is 0.0169. The summed E-state index contributed by atoms with van der Waals surface area (Å²) in [5, 5.41) is 5.91. The van der Waals surface area contributed by atoms with Crippen LogP contribution < -0.4 is 16.0 Å². The molecule has 4 N–H and O–H groups in total. The first-order valence-corrected chi connectivity index (χ1v) is 24.5. The van der Waals surface area contributed by atoms with Gasteiger partial charge in [-0.2, -0.15) is 0 Å². The Morgan fingerprint density at radius 2 is 1.53 bits per heavy atom. The van der Waals surface area contributed by atoms with Crippen LogP contribution in [0.1, 0.15) is 180 Å². The molecule has 9 nitrogen and oxygen atoms in total. The Balaban J connectivity index is 1.09. The number of hydrogen-bond acceptors (Lipinski definition) is 5. The van der Waals surface area contributed by atoms with E-state index in [2.05, 4.69) is 118 Å². The van der Waals surface area contributed by atoms with Gasteiger partial charge < -0.3 is 25.0 Å². The number of aromatic amines is 3. The molecule has 2 saturated heterocycles. The number of H-pyrrole nitrogens is 3. The molecule has 3 aromatic heterocycles. The number of nitrogens with one attached hydrogen (secondary N) is 4. The summed E-state index contributed by atoms with van der Waals surface area (Å²) < 4.78 is 8.52. The van der Waals surface area contributed by atoms with E-state index in [0.717, 1.165) is 104 Å². The predicted molar refractivity (Wildman–Crippen MR) is 262 cm³/mol. The van der Waals surface area contributed by atoms with Gasteiger partial charge in [0.1, 0.15) is 6.61 Å². The summed E-state index contributed by atoms with van der Waals surface area (Å²) in [5.41, 5.74) is 14.1. The molecule has 0 radical (unpaired) electrons. The van der Waals surface area contributed by atoms with E-state index in [1.165, 1.54) is 61.6 Å². The zero-order chi connectivity index (χ0) is 46.0. The highest BCUT2D eigenvalue weighted by Crippen LogP contribution is 2.52. The maximum Gasteiger partial charge on any atom is 0.384 e. The number of carbonyl (C=O) groups is 2. The van der Waals surface area contributed by atoms with Crippen LogP contribution in [0.4, 0.5) is 0 Å². The molecule has 6 atom stereocenters. The first-order valence-electron chi connectivity index (χ1n) is 24.5. The van der Waals surface area contributed by atoms with Crippen LogP contribution in [0.5, 0.6) is 0 Å². The van der Waals surface area contributed by atoms with Crippen molar-refractivity contribution < 1.29 is 23.7 Å². The van der Waals surface area contributed by atoms with Gasteiger partial charge in [0.2, 0.25) is 0 Å². The number of aromatic nitrogens is 3. The summed E-state index contributed by atoms with van der Waals surface area (Å²) in [7, 11) is 1.80. The topological polar surface area (TPSA) is 118 Å². The molecule has 346 valence electrons. The summed E-state index contributed by atoms with van der Waals surface area (Å²) in [5.74, 6) is 1.61. The summed E-state index contributed by atoms with van der Waals surface area (Å²) >= 11 is 0. The van der Waals surface area contributed by atoms with E-state index in [9.17, 15) is 9.59 Å². The molecule has 1 unspecified atom stereocenters. The van der Waals surface area contributed by atoms with E-state index in [-0.39, 0.29) is 36.6 Å². The second kappa shape index (κ2) is 20.3. The molecular formula is C55H77N4O5+. The minimum Gasteiger partial charge on any atom is -0.461 e. The fourth-order valence-corrected chi connectivity index (χ4v) is 10.8. The van der Waals surface area contributed by atoms with Crippen molar-refractivity contribution in [1.82, 2.24) is 20.3 Å². The molecule has 0 aromatic carbocycles. The van der Waals surface area contributed by atoms with Gasteiger partial charge in [0.15, 0.2) is 18.8 Å². The quantitative estimate of drug-likeness (QED) is 0.0296. The fraction of sp³-hybridized carbons (Fsp3) is 0.564. The lowest BCUT2D eigenvalue weighted by Crippen LogP contribution is -2.22. The number of ether oxygens (including phenoxy) is 1. The predicted octanol–water partition coefficient (Wildman–Crippen LogP) is 11.4. The number of carbonyl (C=O) groups excluding carboxylic acids is 2. The smallest absolute Gasteiger partial charge is 0.384 e. The Labute approximate surface area is 382 Å². The van der Waals surface area contributed by atoms with Gasteiger partial charge in [-0.05, 0) is 123 Å². The number of fused-ring (bicyclic) bond motifs is 7. The zero-order valence-electron chi connectivity index (χ0n) is 40.9. The molecule has 9 heteroatoms. The second-order valence-electron chi connectivity index (χ2n) is 20.2. The number of ketones is 1. The first kappa shape index (κ1) is 47.4. The molecule has 0 amide bonds. The highest BCUT2D eigenvalue weighted by atomic mass is 17.5. The molecule has 0 spiro atoms. The standard InChI is InChI=1S/C55H76N4O5/c1-13-39-35(8)42-28-44-37(10)41(24-25-48(60)62-27-26-34(7)23-17-22-33(6)21-16-20-32(5)19-15-18-31(3)4)52(58-44)50-51(55-63-64(55)12)54(61)49-38(11)45(59-53(49)50)30-47-40(14-2)36(9)43(57-47)29-46(39)56-42/h13,26,28-33,37,41,51,55-57H,1,14-25,27H2,2-12H3,(H-,58,59,61)/p+1/b34-26+,43-29-,44-28-,47-30-/t32-,33+,37+,41+,51-,55?/m1/s1. The Kier molecular flexibility index (Phi) is 15.0. The van der Waals surface area contributed by atoms with Crippen molar-refractivity contribution in [3.8, 4) is 0 Å². The molecule has 64 heavy (non-hydrogen) atoms. The van der Waals surface area contributed by atoms with Gasteiger partial charge in [-0.3, -0.25) is 9.59 Å². The molecule has 3 aromatic rings. The van der Waals surface area contributed by atoms with E-state index in [4.69, 9.17) is 9.62 Å². The van der Waals surface area contributed by atoms with Crippen LogP contribution in [-0.2, 0) is 25.4 Å². The Morgan fingerprint density at radius 1 is 0.875 bits per heavy atom. The Hall–Kier alpha value is -4.60. The van der Waals surface area contributed by atoms with Crippen LogP contribution in [0, 0.1) is 56.3 Å². The highest BCUT2D eigenvalue weighted by Gasteiger charge is 2.62. The Morgan fingerprint density at radius 3 is 2.19 bits per heavy atom. The molecule has 8 bridgehead atoms. The summed E-state index contributed by atoms with van der Waals surface area (Å²) in [6.07, 6.45) is 23.3. The van der Waals surface area contributed by atoms with Crippen LogP contribution in [0.15, 0.2) is 29.6 Å². The van der Waals surface area contributed by atoms with Gasteiger partial charge in [-0.1, -0.05) is 105 Å². The number of hydrogen-bond donors (Lipinski definition) is 4. The molecular weight excluding hydrogens is 797 g/mol. The maximum absolute atomic E-state index is 14.6. The molecule has 6 heterocycles. The maximum atomic E-state index is 14.6. The Bertz CT molecular complexity index is 2450. The molecule has 0 saturated carbocycles. The van der Waals surface area contributed by atoms with Gasteiger partial charge in [-0.15, -0.1) is 0 Å². The van der Waals surface area contributed by atoms with E-state index < -0.39 is 12.2 Å². The average Bonchev–Trinajstić information content (AvgIpc) is 3.46. The lowest BCUT2D eigenvalue weighted by atomic mass is 9.85. The minimum atomic E-state index is -0.540. The highest BCUT2D eigenvalue weighted by molar-refractivity contribution is 6.16. The van der Waals surface area contributed by atoms with E-state index in [0.29, 0.717) is 12.0 Å². The second-order valence-corrected chi connectivity index (χ2v) is 20.2. The van der Waals surface area contributed by atoms with Crippen molar-refractivity contribution in [2.45, 2.75) is 153 Å². The van der Waals surface area contributed by atoms with Gasteiger partial charge in [0, 0.05) is 74.1 Å². The van der Waals surface area contributed by atoms with Gasteiger partial charge in [0.25, 0.3) is 0 Å². The van der Waals surface area contributed by atoms with E-state index >= 15 is 0 Å². The molecule has 2 fully saturated rings. The summed E-state index contributed by atoms with van der Waals surface area (Å²) in [6, 6.07) is 0. The SMILES string of the molecule is C=Cc1c2[nH]c(c1C)/C=C1\N/C(=C3\c4[nH]c(c(C)c4C(=O)[C@@H]3C3O[O+]3C)/C=c3\[nH]/c(c(C)c3CC)=C\2)[C@@H](CCC(=O)OC/C=C(\C)CCC[C@@H](C)CCC[C@H](C)CCCC(C)C)[C@@H]1C. The van der Waals surface area contributed by atoms with Gasteiger partial charge in [0.05, 0.1) is 5.69 Å². The largest absolute Gasteiger partial charge is 0.461 e. The number of esters is 1. The summed E-state index contributed by atoms with van der Waals surface area (Å²) in [6.45, 7) is 26.8. The van der Waals surface area contributed by atoms with Crippen molar-refractivity contribution in [1.29, 1.82) is 0 Å². The van der Waals surface area contributed by atoms with Crippen molar-refractivity contribution in [3.63, 3.8) is 0 Å². The van der Waals surface area contributed by atoms with Crippen molar-refractivity contribution in [2.24, 2.45) is 35.5 Å². The third kappa shape index (κ3) is 10.1. The molecule has 3 aliphatic heterocycles. The fourth-order valence-electron chi connectivity index (χ4n) is 10.8. The van der Waals surface area contributed by atoms with Crippen LogP contribution in [0.3, 0.4) is 0 Å². The summed E-state index contributed by atoms with van der Waals surface area (Å²) in [4.78, 5) is 45.1. The van der Waals surface area contributed by atoms with Gasteiger partial charge in [-0.25, -0.2) is 4.52 Å². The monoisotopic (exact) mass is 874 g/mol. The molecule has 4 aliphatic rings. The normalized spacial score (nSPS) is 24.5. The average molecular weight is 874 g/mol. The van der Waals surface area contributed by atoms with E-state index in [1.807, 2.05) is 13.0 Å².